The minimum absolute atomic E-state index is 0.0626. The van der Waals surface area contributed by atoms with Gasteiger partial charge in [0.05, 0.1) is 12.1 Å². The van der Waals surface area contributed by atoms with Crippen LogP contribution in [0.5, 0.6) is 5.75 Å². The minimum atomic E-state index is -0.0626. The molecule has 1 aromatic heterocycles. The summed E-state index contributed by atoms with van der Waals surface area (Å²) in [5.74, 6) is 0.821. The number of rotatable bonds is 6. The molecule has 1 heterocycles. The van der Waals surface area contributed by atoms with Crippen LogP contribution < -0.4 is 15.6 Å². The van der Waals surface area contributed by atoms with Gasteiger partial charge < -0.3 is 15.0 Å². The van der Waals surface area contributed by atoms with Gasteiger partial charge in [-0.25, -0.2) is 0 Å². The number of aromatic amines is 1. The summed E-state index contributed by atoms with van der Waals surface area (Å²) < 4.78 is 5.95. The Kier molecular flexibility index (Phi) is 4.39. The van der Waals surface area contributed by atoms with Gasteiger partial charge in [-0.2, -0.15) is 0 Å². The second kappa shape index (κ2) is 6.62. The van der Waals surface area contributed by atoms with E-state index in [0.29, 0.717) is 12.0 Å². The Morgan fingerprint density at radius 3 is 2.73 bits per heavy atom. The van der Waals surface area contributed by atoms with Crippen LogP contribution in [-0.2, 0) is 0 Å². The van der Waals surface area contributed by atoms with Crippen molar-refractivity contribution in [2.45, 2.75) is 13.3 Å². The van der Waals surface area contributed by atoms with Crippen molar-refractivity contribution in [3.63, 3.8) is 0 Å². The molecule has 0 saturated heterocycles. The van der Waals surface area contributed by atoms with Crippen molar-refractivity contribution >= 4 is 21.7 Å². The van der Waals surface area contributed by atoms with E-state index < -0.39 is 0 Å². The molecule has 114 valence electrons. The third-order valence-corrected chi connectivity index (χ3v) is 3.72. The van der Waals surface area contributed by atoms with Gasteiger partial charge in [0.15, 0.2) is 0 Å². The number of pyridine rings is 1. The largest absolute Gasteiger partial charge is 0.493 e. The maximum atomic E-state index is 12.1. The highest BCUT2D eigenvalue weighted by Gasteiger charge is 2.09. The summed E-state index contributed by atoms with van der Waals surface area (Å²) in [5.41, 5.74) is 0.750. The molecular weight excluding hydrogens is 276 g/mol. The molecule has 0 saturated carbocycles. The molecule has 0 bridgehead atoms. The highest BCUT2D eigenvalue weighted by Crippen LogP contribution is 2.30. The number of benzene rings is 2. The van der Waals surface area contributed by atoms with E-state index in [1.165, 1.54) is 0 Å². The Morgan fingerprint density at radius 2 is 1.91 bits per heavy atom. The lowest BCUT2D eigenvalue weighted by Crippen LogP contribution is -2.16. The second-order valence-electron chi connectivity index (χ2n) is 5.23. The number of aromatic nitrogens is 1. The van der Waals surface area contributed by atoms with E-state index in [0.717, 1.165) is 41.5 Å². The molecular formula is C18H20N2O2. The molecule has 3 rings (SSSR count). The quantitative estimate of drug-likeness (QED) is 0.543. The van der Waals surface area contributed by atoms with Gasteiger partial charge in [-0.1, -0.05) is 31.2 Å². The predicted molar refractivity (Wildman–Crippen MR) is 90.7 cm³/mol. The molecule has 0 unspecified atom stereocenters. The normalized spacial score (nSPS) is 11.1. The molecule has 0 atom stereocenters. The van der Waals surface area contributed by atoms with Crippen molar-refractivity contribution in [3.8, 4) is 5.75 Å². The molecule has 2 aromatic carbocycles. The molecule has 0 aliphatic rings. The molecule has 0 radical (unpaired) electrons. The van der Waals surface area contributed by atoms with Crippen LogP contribution in [0.15, 0.2) is 47.3 Å². The van der Waals surface area contributed by atoms with Gasteiger partial charge in [0.25, 0.3) is 5.56 Å². The first kappa shape index (κ1) is 14.6. The monoisotopic (exact) mass is 296 g/mol. The van der Waals surface area contributed by atoms with E-state index in [4.69, 9.17) is 4.74 Å². The zero-order valence-electron chi connectivity index (χ0n) is 12.7. The molecule has 4 heteroatoms. The van der Waals surface area contributed by atoms with Crippen molar-refractivity contribution in [1.29, 1.82) is 0 Å². The fourth-order valence-corrected chi connectivity index (χ4v) is 2.68. The highest BCUT2D eigenvalue weighted by atomic mass is 16.5. The van der Waals surface area contributed by atoms with E-state index in [9.17, 15) is 4.79 Å². The number of ether oxygens (including phenoxy) is 1. The van der Waals surface area contributed by atoms with Crippen LogP contribution in [0, 0.1) is 0 Å². The number of hydrogen-bond donors (Lipinski definition) is 2. The average Bonchev–Trinajstić information content (AvgIpc) is 2.55. The number of nitrogens with one attached hydrogen (secondary N) is 2. The number of fused-ring (bicyclic) bond motifs is 3. The first-order valence-electron chi connectivity index (χ1n) is 7.68. The fourth-order valence-electron chi connectivity index (χ4n) is 2.68. The van der Waals surface area contributed by atoms with Crippen molar-refractivity contribution < 1.29 is 4.74 Å². The lowest BCUT2D eigenvalue weighted by molar-refractivity contribution is 0.312. The number of H-pyrrole nitrogens is 1. The summed E-state index contributed by atoms with van der Waals surface area (Å²) in [6, 6.07) is 13.4. The average molecular weight is 296 g/mol. The Balaban J connectivity index is 2.00. The van der Waals surface area contributed by atoms with Crippen LogP contribution in [-0.4, -0.2) is 24.7 Å². The number of hydrogen-bond acceptors (Lipinski definition) is 3. The van der Waals surface area contributed by atoms with Gasteiger partial charge in [0, 0.05) is 16.2 Å². The third kappa shape index (κ3) is 2.83. The van der Waals surface area contributed by atoms with Gasteiger partial charge >= 0.3 is 0 Å². The standard InChI is InChI=1S/C18H20N2O2/c1-2-19-11-6-12-22-16-10-5-9-15-17(16)13-7-3-4-8-14(13)18(21)20-15/h3-5,7-10,19H,2,6,11-12H2,1H3,(H,20,21). The van der Waals surface area contributed by atoms with E-state index in [1.54, 1.807) is 0 Å². The molecule has 2 N–H and O–H groups in total. The Labute approximate surface area is 129 Å². The van der Waals surface area contributed by atoms with Crippen molar-refractivity contribution in [3.05, 3.63) is 52.8 Å². The third-order valence-electron chi connectivity index (χ3n) is 3.72. The Morgan fingerprint density at radius 1 is 1.09 bits per heavy atom. The molecule has 0 amide bonds. The first-order valence-corrected chi connectivity index (χ1v) is 7.68. The molecule has 0 fully saturated rings. The molecule has 0 aliphatic carbocycles. The zero-order chi connectivity index (χ0) is 15.4. The maximum Gasteiger partial charge on any atom is 0.256 e. The summed E-state index contributed by atoms with van der Waals surface area (Å²) in [5, 5.41) is 5.88. The summed E-state index contributed by atoms with van der Waals surface area (Å²) >= 11 is 0. The van der Waals surface area contributed by atoms with Crippen LogP contribution in [0.4, 0.5) is 0 Å². The SMILES string of the molecule is CCNCCCOc1cccc2[nH]c(=O)c3ccccc3c12. The van der Waals surface area contributed by atoms with E-state index in [2.05, 4.69) is 17.2 Å². The minimum Gasteiger partial charge on any atom is -0.493 e. The summed E-state index contributed by atoms with van der Waals surface area (Å²) in [6.07, 6.45) is 0.950. The highest BCUT2D eigenvalue weighted by molar-refractivity contribution is 6.08. The van der Waals surface area contributed by atoms with Gasteiger partial charge in [0.2, 0.25) is 0 Å². The first-order chi connectivity index (χ1) is 10.8. The molecule has 3 aromatic rings. The molecule has 22 heavy (non-hydrogen) atoms. The topological polar surface area (TPSA) is 54.1 Å². The van der Waals surface area contributed by atoms with Crippen molar-refractivity contribution in [2.24, 2.45) is 0 Å². The zero-order valence-corrected chi connectivity index (χ0v) is 12.7. The van der Waals surface area contributed by atoms with Crippen LogP contribution in [0.2, 0.25) is 0 Å². The van der Waals surface area contributed by atoms with Gasteiger partial charge in [-0.3, -0.25) is 4.79 Å². The predicted octanol–water partition coefficient (Wildman–Crippen LogP) is 3.06. The van der Waals surface area contributed by atoms with Crippen molar-refractivity contribution in [1.82, 2.24) is 10.3 Å². The summed E-state index contributed by atoms with van der Waals surface area (Å²) in [7, 11) is 0. The Bertz CT molecular complexity index is 839. The van der Waals surface area contributed by atoms with Gasteiger partial charge in [-0.05, 0) is 37.7 Å². The van der Waals surface area contributed by atoms with Crippen LogP contribution in [0.3, 0.4) is 0 Å². The molecule has 0 spiro atoms. The fraction of sp³-hybridized carbons (Fsp3) is 0.278. The van der Waals surface area contributed by atoms with Crippen LogP contribution in [0.25, 0.3) is 21.7 Å². The lowest BCUT2D eigenvalue weighted by Gasteiger charge is -2.11. The van der Waals surface area contributed by atoms with E-state index >= 15 is 0 Å². The molecule has 0 aliphatic heterocycles. The maximum absolute atomic E-state index is 12.1. The van der Waals surface area contributed by atoms with Gasteiger partial charge in [0.1, 0.15) is 5.75 Å². The van der Waals surface area contributed by atoms with Crippen LogP contribution >= 0.6 is 0 Å². The summed E-state index contributed by atoms with van der Waals surface area (Å²) in [4.78, 5) is 15.1. The van der Waals surface area contributed by atoms with E-state index in [1.807, 2.05) is 42.5 Å². The Hall–Kier alpha value is -2.33. The molecule has 4 nitrogen and oxygen atoms in total. The van der Waals surface area contributed by atoms with Crippen LogP contribution in [0.1, 0.15) is 13.3 Å². The smallest absolute Gasteiger partial charge is 0.256 e. The summed E-state index contributed by atoms with van der Waals surface area (Å²) in [6.45, 7) is 4.66. The van der Waals surface area contributed by atoms with Gasteiger partial charge in [-0.15, -0.1) is 0 Å². The van der Waals surface area contributed by atoms with E-state index in [-0.39, 0.29) is 5.56 Å². The second-order valence-corrected chi connectivity index (χ2v) is 5.23. The lowest BCUT2D eigenvalue weighted by atomic mass is 10.1. The van der Waals surface area contributed by atoms with Crippen molar-refractivity contribution in [2.75, 3.05) is 19.7 Å².